The van der Waals surface area contributed by atoms with Gasteiger partial charge in [0.25, 0.3) is 5.91 Å². The van der Waals surface area contributed by atoms with Crippen LogP contribution in [0.3, 0.4) is 0 Å². The molecule has 0 unspecified atom stereocenters. The summed E-state index contributed by atoms with van der Waals surface area (Å²) in [7, 11) is 0. The van der Waals surface area contributed by atoms with Crippen molar-refractivity contribution in [1.29, 1.82) is 0 Å². The van der Waals surface area contributed by atoms with Gasteiger partial charge >= 0.3 is 5.97 Å². The van der Waals surface area contributed by atoms with Crippen molar-refractivity contribution in [3.8, 4) is 0 Å². The van der Waals surface area contributed by atoms with Gasteiger partial charge in [0.05, 0.1) is 15.6 Å². The maximum absolute atomic E-state index is 11.9. The minimum Gasteiger partial charge on any atom is -0.456 e. The second-order valence-electron chi connectivity index (χ2n) is 5.34. The minimum absolute atomic E-state index is 0.0228. The average molecular weight is 446 g/mol. The normalized spacial score (nSPS) is 10.4. The first-order valence-corrected chi connectivity index (χ1v) is 10.6. The fraction of sp³-hybridized carbons (Fsp3) is 0.278. The summed E-state index contributed by atoms with van der Waals surface area (Å²) in [5.74, 6) is -0.459. The van der Waals surface area contributed by atoms with E-state index in [1.807, 2.05) is 12.1 Å². The zero-order valence-electron chi connectivity index (χ0n) is 14.2. The van der Waals surface area contributed by atoms with E-state index in [9.17, 15) is 14.4 Å². The molecular formula is C18H17Cl2NO4S2. The highest BCUT2D eigenvalue weighted by atomic mass is 35.5. The largest absolute Gasteiger partial charge is 0.456 e. The molecule has 1 aromatic heterocycles. The molecule has 1 amide bonds. The van der Waals surface area contributed by atoms with Crippen LogP contribution in [-0.4, -0.2) is 36.6 Å². The molecule has 0 fully saturated rings. The number of carbonyl (C=O) groups excluding carboxylic acids is 3. The molecular weight excluding hydrogens is 429 g/mol. The first-order chi connectivity index (χ1) is 12.9. The maximum Gasteiger partial charge on any atom is 0.306 e. The molecule has 0 bridgehead atoms. The van der Waals surface area contributed by atoms with Gasteiger partial charge in [-0.2, -0.15) is 0 Å². The smallest absolute Gasteiger partial charge is 0.306 e. The number of hydrogen-bond acceptors (Lipinski definition) is 6. The molecule has 0 atom stereocenters. The van der Waals surface area contributed by atoms with E-state index >= 15 is 0 Å². The molecule has 144 valence electrons. The molecule has 0 saturated heterocycles. The lowest BCUT2D eigenvalue weighted by atomic mass is 10.2. The number of halogens is 2. The van der Waals surface area contributed by atoms with E-state index in [2.05, 4.69) is 5.32 Å². The number of rotatable bonds is 10. The fourth-order valence-electron chi connectivity index (χ4n) is 1.96. The van der Waals surface area contributed by atoms with E-state index in [0.29, 0.717) is 26.5 Å². The summed E-state index contributed by atoms with van der Waals surface area (Å²) in [5.41, 5.74) is 0. The highest BCUT2D eigenvalue weighted by molar-refractivity contribution is 7.99. The lowest BCUT2D eigenvalue weighted by Gasteiger charge is -2.06. The molecule has 9 heteroatoms. The third-order valence-corrected chi connectivity index (χ3v) is 5.81. The molecule has 0 aliphatic heterocycles. The molecule has 0 aliphatic carbocycles. The summed E-state index contributed by atoms with van der Waals surface area (Å²) >= 11 is 14.3. The summed E-state index contributed by atoms with van der Waals surface area (Å²) < 4.78 is 5.40. The summed E-state index contributed by atoms with van der Waals surface area (Å²) in [6.45, 7) is 0.0881. The van der Waals surface area contributed by atoms with Crippen molar-refractivity contribution in [2.24, 2.45) is 0 Å². The minimum atomic E-state index is -0.586. The van der Waals surface area contributed by atoms with Crippen LogP contribution in [0.15, 0.2) is 41.3 Å². The zero-order valence-corrected chi connectivity index (χ0v) is 17.3. The van der Waals surface area contributed by atoms with Crippen molar-refractivity contribution in [2.45, 2.75) is 17.7 Å². The van der Waals surface area contributed by atoms with Crippen molar-refractivity contribution in [3.05, 3.63) is 50.6 Å². The summed E-state index contributed by atoms with van der Waals surface area (Å²) in [4.78, 5) is 36.7. The van der Waals surface area contributed by atoms with Gasteiger partial charge in [0.2, 0.25) is 0 Å². The van der Waals surface area contributed by atoms with Crippen LogP contribution in [0.5, 0.6) is 0 Å². The van der Waals surface area contributed by atoms with Crippen LogP contribution in [0, 0.1) is 0 Å². The van der Waals surface area contributed by atoms with E-state index in [1.165, 1.54) is 11.3 Å². The van der Waals surface area contributed by atoms with Crippen molar-refractivity contribution >= 4 is 64.0 Å². The molecule has 0 radical (unpaired) electrons. The number of carbonyl (C=O) groups is 3. The Morgan fingerprint density at radius 1 is 1.04 bits per heavy atom. The number of thioether (sulfide) groups is 1. The summed E-state index contributed by atoms with van der Waals surface area (Å²) in [6, 6.07) is 10.7. The number of esters is 1. The number of benzene rings is 1. The van der Waals surface area contributed by atoms with Crippen LogP contribution in [0.4, 0.5) is 0 Å². The number of hydrogen-bond donors (Lipinski definition) is 1. The molecule has 2 aromatic rings. The Hall–Kier alpha value is -1.54. The summed E-state index contributed by atoms with van der Waals surface area (Å²) in [5, 5.41) is 3.35. The molecule has 0 spiro atoms. The van der Waals surface area contributed by atoms with E-state index in [4.69, 9.17) is 27.9 Å². The number of thiophene rings is 1. The molecule has 5 nitrogen and oxygen atoms in total. The lowest BCUT2D eigenvalue weighted by Crippen LogP contribution is -2.30. The SMILES string of the molecule is O=C(COC(=O)CCC(=O)c1ccc(Cl)s1)NCCSc1ccc(Cl)cc1. The maximum atomic E-state index is 11.9. The Morgan fingerprint density at radius 3 is 2.44 bits per heavy atom. The van der Waals surface area contributed by atoms with Gasteiger partial charge < -0.3 is 10.1 Å². The van der Waals surface area contributed by atoms with Gasteiger partial charge in [0.15, 0.2) is 12.4 Å². The zero-order chi connectivity index (χ0) is 19.6. The van der Waals surface area contributed by atoms with Crippen LogP contribution in [0.2, 0.25) is 9.36 Å². The van der Waals surface area contributed by atoms with Crippen LogP contribution in [-0.2, 0) is 14.3 Å². The van der Waals surface area contributed by atoms with Crippen molar-refractivity contribution in [1.82, 2.24) is 5.32 Å². The molecule has 0 saturated carbocycles. The predicted molar refractivity (Wildman–Crippen MR) is 109 cm³/mol. The molecule has 27 heavy (non-hydrogen) atoms. The second kappa shape index (κ2) is 11.3. The quantitative estimate of drug-likeness (QED) is 0.252. The van der Waals surface area contributed by atoms with E-state index in [-0.39, 0.29) is 31.1 Å². The van der Waals surface area contributed by atoms with E-state index in [1.54, 1.807) is 36.0 Å². The average Bonchev–Trinajstić information content (AvgIpc) is 3.09. The van der Waals surface area contributed by atoms with Gasteiger partial charge in [0.1, 0.15) is 0 Å². The van der Waals surface area contributed by atoms with Gasteiger partial charge in [-0.05, 0) is 36.4 Å². The molecule has 1 aromatic carbocycles. The van der Waals surface area contributed by atoms with Gasteiger partial charge in [0, 0.05) is 28.6 Å². The number of Topliss-reactive ketones (excluding diaryl/α,β-unsaturated/α-hetero) is 1. The summed E-state index contributed by atoms with van der Waals surface area (Å²) in [6.07, 6.45) is -0.0525. The lowest BCUT2D eigenvalue weighted by molar-refractivity contribution is -0.148. The van der Waals surface area contributed by atoms with Crippen molar-refractivity contribution < 1.29 is 19.1 Å². The second-order valence-corrected chi connectivity index (χ2v) is 8.66. The van der Waals surface area contributed by atoms with E-state index < -0.39 is 5.97 Å². The molecule has 1 heterocycles. The first kappa shape index (κ1) is 21.8. The standard InChI is InChI=1S/C18H17Cl2NO4S2/c19-12-1-3-13(4-2-12)26-10-9-21-17(23)11-25-18(24)8-5-14(22)15-6-7-16(20)27-15/h1-4,6-7H,5,8-11H2,(H,21,23). The van der Waals surface area contributed by atoms with E-state index in [0.717, 1.165) is 4.90 Å². The highest BCUT2D eigenvalue weighted by Crippen LogP contribution is 2.23. The Labute approximate surface area is 175 Å². The molecule has 0 aliphatic rings. The predicted octanol–water partition coefficient (Wildman–Crippen LogP) is 4.47. The molecule has 1 N–H and O–H groups in total. The van der Waals surface area contributed by atoms with Crippen LogP contribution in [0.25, 0.3) is 0 Å². The van der Waals surface area contributed by atoms with Crippen molar-refractivity contribution in [2.75, 3.05) is 18.9 Å². The van der Waals surface area contributed by atoms with Gasteiger partial charge in [-0.1, -0.05) is 23.2 Å². The Morgan fingerprint density at radius 2 is 1.78 bits per heavy atom. The Kier molecular flexibility index (Phi) is 9.14. The third-order valence-electron chi connectivity index (χ3n) is 3.28. The van der Waals surface area contributed by atoms with Gasteiger partial charge in [-0.25, -0.2) is 0 Å². The van der Waals surface area contributed by atoms with Crippen LogP contribution >= 0.6 is 46.3 Å². The third kappa shape index (κ3) is 8.34. The number of amides is 1. The topological polar surface area (TPSA) is 72.5 Å². The Balaban J connectivity index is 1.55. The monoisotopic (exact) mass is 445 g/mol. The fourth-order valence-corrected chi connectivity index (χ4v) is 3.87. The Bertz CT molecular complexity index is 793. The van der Waals surface area contributed by atoms with Gasteiger partial charge in [-0.3, -0.25) is 14.4 Å². The van der Waals surface area contributed by atoms with Crippen LogP contribution in [0.1, 0.15) is 22.5 Å². The van der Waals surface area contributed by atoms with Crippen LogP contribution < -0.4 is 5.32 Å². The number of nitrogens with one attached hydrogen (secondary N) is 1. The van der Waals surface area contributed by atoms with Crippen molar-refractivity contribution in [3.63, 3.8) is 0 Å². The number of ketones is 1. The first-order valence-electron chi connectivity index (χ1n) is 8.03. The van der Waals surface area contributed by atoms with Gasteiger partial charge in [-0.15, -0.1) is 23.1 Å². The number of ether oxygens (including phenoxy) is 1. The highest BCUT2D eigenvalue weighted by Gasteiger charge is 2.13. The molecule has 2 rings (SSSR count).